The average Bonchev–Trinajstić information content (AvgIpc) is 3.46. The van der Waals surface area contributed by atoms with Gasteiger partial charge in [0.25, 0.3) is 0 Å². The normalized spacial score (nSPS) is 17.9. The summed E-state index contributed by atoms with van der Waals surface area (Å²) in [6.45, 7) is 4.43. The van der Waals surface area contributed by atoms with Crippen LogP contribution in [0.1, 0.15) is 85.9 Å². The highest BCUT2D eigenvalue weighted by molar-refractivity contribution is 7.59. The van der Waals surface area contributed by atoms with Crippen LogP contribution in [0, 0.1) is 0 Å². The second-order valence-corrected chi connectivity index (χ2v) is 15.7. The number of fused-ring (bicyclic) bond motifs is 3. The van der Waals surface area contributed by atoms with Gasteiger partial charge >= 0.3 is 8.24 Å². The molecule has 1 unspecified atom stereocenters. The van der Waals surface area contributed by atoms with Gasteiger partial charge < -0.3 is 17.9 Å². The first-order chi connectivity index (χ1) is 22.6. The molecule has 6 rings (SSSR count). The van der Waals surface area contributed by atoms with E-state index in [1.807, 2.05) is 0 Å². The van der Waals surface area contributed by atoms with Crippen molar-refractivity contribution >= 4 is 38.1 Å². The zero-order chi connectivity index (χ0) is 31.9. The van der Waals surface area contributed by atoms with Gasteiger partial charge in [-0.1, -0.05) is 95.3 Å². The summed E-state index contributed by atoms with van der Waals surface area (Å²) in [6.07, 6.45) is 9.00. The summed E-state index contributed by atoms with van der Waals surface area (Å²) < 4.78 is 32.2. The molecule has 1 aliphatic rings. The molecule has 0 amide bonds. The Labute approximate surface area is 275 Å². The minimum atomic E-state index is -1.72. The predicted octanol–water partition coefficient (Wildman–Crippen LogP) is 12.1. The summed E-state index contributed by atoms with van der Waals surface area (Å²) in [4.78, 5) is 0. The van der Waals surface area contributed by atoms with Crippen molar-refractivity contribution in [1.82, 2.24) is 0 Å². The van der Waals surface area contributed by atoms with Crippen molar-refractivity contribution in [3.05, 3.63) is 107 Å². The number of methoxy groups -OCH3 is 2. The lowest BCUT2D eigenvalue weighted by Crippen LogP contribution is -2.02. The number of hydrogen-bond acceptors (Lipinski definition) is 5. The average molecular weight is 657 g/mol. The first-order valence-electron chi connectivity index (χ1n) is 16.7. The summed E-state index contributed by atoms with van der Waals surface area (Å²) in [7, 11) is 1.19. The van der Waals surface area contributed by atoms with Crippen LogP contribution >= 0.6 is 16.2 Å². The number of unbranched alkanes of at least 4 members (excludes halogenated alkanes) is 2. The molecule has 0 radical (unpaired) electrons. The second kappa shape index (κ2) is 15.6. The number of ether oxygens (including phenoxy) is 2. The van der Waals surface area contributed by atoms with Crippen LogP contribution in [0.15, 0.2) is 93.3 Å². The maximum absolute atomic E-state index is 6.88. The Morgan fingerprint density at radius 3 is 1.52 bits per heavy atom. The third-order valence-corrected chi connectivity index (χ3v) is 13.5. The molecule has 2 heterocycles. The molecule has 242 valence electrons. The van der Waals surface area contributed by atoms with E-state index in [4.69, 9.17) is 22.4 Å². The van der Waals surface area contributed by atoms with E-state index in [9.17, 15) is 0 Å². The molecular formula is C39H46O5P2. The zero-order valence-corrected chi connectivity index (χ0v) is 29.3. The minimum absolute atomic E-state index is 0.469. The smallest absolute Gasteiger partial charge is 0.387 e. The first-order valence-corrected chi connectivity index (χ1v) is 19.5. The highest BCUT2D eigenvalue weighted by Crippen LogP contribution is 2.70. The van der Waals surface area contributed by atoms with Gasteiger partial charge in [0, 0.05) is 22.1 Å². The Bertz CT molecular complexity index is 1640. The van der Waals surface area contributed by atoms with Crippen molar-refractivity contribution in [1.29, 1.82) is 0 Å². The SMILES string of the molecule is CCCCc1cc(OC)cc2c1op(OCP1[C@@H](c3ccccc3)CC[C@H]1c1ccccc1)oc1c(CCCC)cc(OC)cc12. The Hall–Kier alpha value is -3.23. The van der Waals surface area contributed by atoms with Crippen molar-refractivity contribution in [3.63, 3.8) is 0 Å². The van der Waals surface area contributed by atoms with E-state index in [0.29, 0.717) is 17.7 Å². The van der Waals surface area contributed by atoms with Gasteiger partial charge in [0.2, 0.25) is 0 Å². The summed E-state index contributed by atoms with van der Waals surface area (Å²) in [5.74, 6) is 1.63. The number of aryl methyl sites for hydroxylation is 2. The fraction of sp³-hybridized carbons (Fsp3) is 0.385. The molecule has 1 fully saturated rings. The fourth-order valence-electron chi connectivity index (χ4n) is 6.72. The number of hydrogen-bond donors (Lipinski definition) is 0. The molecule has 3 atom stereocenters. The standard InChI is InChI=1S/C39H46O5P2/c1-5-7-15-30-23-32(40-3)25-34-35-26-33(41-4)24-31(16-8-6-2)39(35)44-46(43-38(30)34)42-27-45-36(28-17-11-9-12-18-28)21-22-37(45)29-19-13-10-14-20-29/h9-14,17-20,23-26,36-37H,5-8,15-16,21-22,27H2,1-4H3/t36-,37+,45?. The van der Waals surface area contributed by atoms with Crippen molar-refractivity contribution in [2.24, 2.45) is 0 Å². The van der Waals surface area contributed by atoms with E-state index in [0.717, 1.165) is 95.9 Å². The van der Waals surface area contributed by atoms with Gasteiger partial charge in [-0.05, 0) is 85.0 Å². The van der Waals surface area contributed by atoms with Gasteiger partial charge in [0.1, 0.15) is 22.7 Å². The van der Waals surface area contributed by atoms with E-state index in [2.05, 4.69) is 98.8 Å². The molecule has 0 aliphatic carbocycles. The van der Waals surface area contributed by atoms with Crippen LogP contribution in [0.5, 0.6) is 11.5 Å². The summed E-state index contributed by atoms with van der Waals surface area (Å²) in [6, 6.07) is 30.4. The molecule has 7 heteroatoms. The van der Waals surface area contributed by atoms with Crippen molar-refractivity contribution in [3.8, 4) is 11.5 Å². The predicted molar refractivity (Wildman–Crippen MR) is 193 cm³/mol. The third-order valence-electron chi connectivity index (χ3n) is 9.17. The molecule has 46 heavy (non-hydrogen) atoms. The zero-order valence-electron chi connectivity index (χ0n) is 27.5. The maximum atomic E-state index is 6.88. The van der Waals surface area contributed by atoms with E-state index in [-0.39, 0.29) is 0 Å². The highest BCUT2D eigenvalue weighted by Gasteiger charge is 2.38. The molecule has 1 aromatic heterocycles. The van der Waals surface area contributed by atoms with Gasteiger partial charge in [-0.2, -0.15) is 0 Å². The number of benzene rings is 4. The topological polar surface area (TPSA) is 54.0 Å². The van der Waals surface area contributed by atoms with E-state index >= 15 is 0 Å². The number of rotatable bonds is 13. The van der Waals surface area contributed by atoms with Crippen LogP contribution in [0.4, 0.5) is 0 Å². The highest BCUT2D eigenvalue weighted by atomic mass is 31.1. The van der Waals surface area contributed by atoms with Crippen LogP contribution in [-0.2, 0) is 12.8 Å². The quantitative estimate of drug-likeness (QED) is 0.118. The van der Waals surface area contributed by atoms with E-state index in [1.54, 1.807) is 14.2 Å². The molecule has 1 aliphatic heterocycles. The van der Waals surface area contributed by atoms with Crippen LogP contribution in [0.3, 0.4) is 0 Å². The largest absolute Gasteiger partial charge is 0.497 e. The molecule has 1 saturated heterocycles. The van der Waals surface area contributed by atoms with Crippen LogP contribution in [0.25, 0.3) is 21.9 Å². The summed E-state index contributed by atoms with van der Waals surface area (Å²) in [5.41, 5.74) is 7.68. The molecule has 5 nitrogen and oxygen atoms in total. The Balaban J connectivity index is 1.50. The Morgan fingerprint density at radius 2 is 1.11 bits per heavy atom. The van der Waals surface area contributed by atoms with Gasteiger partial charge in [0.15, 0.2) is 0 Å². The molecule has 5 aromatic rings. The summed E-state index contributed by atoms with van der Waals surface area (Å²) in [5, 5.41) is 1.95. The lowest BCUT2D eigenvalue weighted by molar-refractivity contribution is 0.414. The molecule has 0 spiro atoms. The van der Waals surface area contributed by atoms with Gasteiger partial charge in [-0.25, -0.2) is 0 Å². The minimum Gasteiger partial charge on any atom is -0.497 e. The Morgan fingerprint density at radius 1 is 0.652 bits per heavy atom. The molecule has 4 aromatic carbocycles. The van der Waals surface area contributed by atoms with Crippen molar-refractivity contribution in [2.75, 3.05) is 20.6 Å². The van der Waals surface area contributed by atoms with Crippen LogP contribution < -0.4 is 14.0 Å². The van der Waals surface area contributed by atoms with E-state index < -0.39 is 16.2 Å². The molecule has 0 saturated carbocycles. The maximum Gasteiger partial charge on any atom is 0.387 e. The first kappa shape index (κ1) is 32.7. The monoisotopic (exact) mass is 656 g/mol. The lowest BCUT2D eigenvalue weighted by Gasteiger charge is -2.25. The Kier molecular flexibility index (Phi) is 11.1. The fourth-order valence-corrected chi connectivity index (χ4v) is 11.4. The van der Waals surface area contributed by atoms with Crippen molar-refractivity contribution < 1.29 is 22.4 Å². The third kappa shape index (κ3) is 7.18. The van der Waals surface area contributed by atoms with Crippen LogP contribution in [-0.4, -0.2) is 20.6 Å². The van der Waals surface area contributed by atoms with Gasteiger partial charge in [0.05, 0.1) is 20.6 Å². The molecule has 0 bridgehead atoms. The van der Waals surface area contributed by atoms with Crippen LogP contribution in [0.2, 0.25) is 0 Å². The van der Waals surface area contributed by atoms with Gasteiger partial charge in [-0.3, -0.25) is 4.52 Å². The second-order valence-electron chi connectivity index (χ2n) is 12.1. The molecular weight excluding hydrogens is 610 g/mol. The van der Waals surface area contributed by atoms with E-state index in [1.165, 1.54) is 11.1 Å². The summed E-state index contributed by atoms with van der Waals surface area (Å²) >= 11 is 0. The van der Waals surface area contributed by atoms with Crippen molar-refractivity contribution in [2.45, 2.75) is 76.5 Å². The lowest BCUT2D eigenvalue weighted by atomic mass is 10.00. The van der Waals surface area contributed by atoms with Gasteiger partial charge in [-0.15, -0.1) is 0 Å². The molecule has 0 N–H and O–H groups in total.